The lowest BCUT2D eigenvalue weighted by Crippen LogP contribution is -2.38. The van der Waals surface area contributed by atoms with Crippen LogP contribution in [0.3, 0.4) is 0 Å². The minimum absolute atomic E-state index is 0.616. The van der Waals surface area contributed by atoms with E-state index in [4.69, 9.17) is 0 Å². The molecule has 0 bridgehead atoms. The molecule has 0 aromatic carbocycles. The van der Waals surface area contributed by atoms with E-state index in [1.54, 1.807) is 0 Å². The first kappa shape index (κ1) is 10.7. The lowest BCUT2D eigenvalue weighted by atomic mass is 10.0. The zero-order valence-electron chi connectivity index (χ0n) is 9.74. The third-order valence-corrected chi connectivity index (χ3v) is 3.25. The van der Waals surface area contributed by atoms with Crippen LogP contribution in [0.1, 0.15) is 45.0 Å². The molecular weight excluding hydrogens is 186 g/mol. The van der Waals surface area contributed by atoms with Crippen LogP contribution in [-0.4, -0.2) is 22.1 Å². The molecule has 0 amide bonds. The zero-order valence-corrected chi connectivity index (χ0v) is 9.74. The maximum absolute atomic E-state index is 4.44. The number of hydrogen-bond acceptors (Lipinski definition) is 2. The minimum atomic E-state index is 0.616. The van der Waals surface area contributed by atoms with Crippen LogP contribution in [0.25, 0.3) is 0 Å². The molecule has 1 aromatic rings. The van der Waals surface area contributed by atoms with Crippen molar-refractivity contribution in [2.24, 2.45) is 0 Å². The lowest BCUT2D eigenvalue weighted by molar-refractivity contribution is 0.315. The summed E-state index contributed by atoms with van der Waals surface area (Å²) in [5.41, 5.74) is 0. The quantitative estimate of drug-likeness (QED) is 0.823. The Balaban J connectivity index is 2.05. The van der Waals surface area contributed by atoms with Crippen LogP contribution in [0.4, 0.5) is 0 Å². The number of nitrogens with zero attached hydrogens (tertiary/aromatic N) is 2. The van der Waals surface area contributed by atoms with Crippen molar-refractivity contribution in [3.8, 4) is 0 Å². The minimum Gasteiger partial charge on any atom is -0.331 e. The van der Waals surface area contributed by atoms with Crippen molar-refractivity contribution < 1.29 is 0 Å². The van der Waals surface area contributed by atoms with Gasteiger partial charge in [-0.3, -0.25) is 0 Å². The van der Waals surface area contributed by atoms with Crippen molar-refractivity contribution in [1.82, 2.24) is 14.9 Å². The molecule has 3 heteroatoms. The summed E-state index contributed by atoms with van der Waals surface area (Å²) in [6, 6.07) is 1.30. The average molecular weight is 207 g/mol. The van der Waals surface area contributed by atoms with Gasteiger partial charge < -0.3 is 9.88 Å². The number of imidazole rings is 1. The molecule has 2 rings (SSSR count). The summed E-state index contributed by atoms with van der Waals surface area (Å²) < 4.78 is 2.36. The maximum Gasteiger partial charge on any atom is 0.108 e. The number of aromatic nitrogens is 2. The first-order valence-corrected chi connectivity index (χ1v) is 6.06. The Morgan fingerprint density at radius 2 is 2.40 bits per heavy atom. The second-order valence-corrected chi connectivity index (χ2v) is 4.54. The molecular formula is C12H21N3. The summed E-state index contributed by atoms with van der Waals surface area (Å²) in [5, 5.41) is 3.54. The standard InChI is InChI=1S/C12H21N3/c1-3-4-12-13-7-8-15(12)11-6-5-10(2)14-9-11/h7-8,10-11,14H,3-6,9H2,1-2H3. The molecule has 15 heavy (non-hydrogen) atoms. The number of rotatable bonds is 3. The van der Waals surface area contributed by atoms with Gasteiger partial charge in [0.25, 0.3) is 0 Å². The van der Waals surface area contributed by atoms with Gasteiger partial charge in [-0.2, -0.15) is 0 Å². The molecule has 0 spiro atoms. The summed E-state index contributed by atoms with van der Waals surface area (Å²) in [4.78, 5) is 4.44. The molecule has 2 unspecified atom stereocenters. The van der Waals surface area contributed by atoms with Crippen LogP contribution in [0.5, 0.6) is 0 Å². The monoisotopic (exact) mass is 207 g/mol. The van der Waals surface area contributed by atoms with Gasteiger partial charge in [-0.25, -0.2) is 4.98 Å². The fourth-order valence-corrected chi connectivity index (χ4v) is 2.31. The van der Waals surface area contributed by atoms with E-state index >= 15 is 0 Å². The van der Waals surface area contributed by atoms with E-state index in [-0.39, 0.29) is 0 Å². The van der Waals surface area contributed by atoms with Gasteiger partial charge in [0.2, 0.25) is 0 Å². The first-order chi connectivity index (χ1) is 7.31. The molecule has 0 saturated carbocycles. The van der Waals surface area contributed by atoms with Gasteiger partial charge >= 0.3 is 0 Å². The van der Waals surface area contributed by atoms with Crippen molar-refractivity contribution >= 4 is 0 Å². The van der Waals surface area contributed by atoms with E-state index in [1.807, 2.05) is 6.20 Å². The fourth-order valence-electron chi connectivity index (χ4n) is 2.31. The van der Waals surface area contributed by atoms with Gasteiger partial charge in [-0.15, -0.1) is 0 Å². The lowest BCUT2D eigenvalue weighted by Gasteiger charge is -2.29. The van der Waals surface area contributed by atoms with E-state index in [1.165, 1.54) is 25.1 Å². The highest BCUT2D eigenvalue weighted by Gasteiger charge is 2.20. The Morgan fingerprint density at radius 3 is 3.07 bits per heavy atom. The van der Waals surface area contributed by atoms with Crippen molar-refractivity contribution in [2.45, 2.75) is 51.6 Å². The molecule has 3 nitrogen and oxygen atoms in total. The SMILES string of the molecule is CCCc1nccn1C1CCC(C)NC1. The molecule has 1 fully saturated rings. The molecule has 84 valence electrons. The highest BCUT2D eigenvalue weighted by atomic mass is 15.1. The summed E-state index contributed by atoms with van der Waals surface area (Å²) in [5.74, 6) is 1.25. The van der Waals surface area contributed by atoms with Crippen LogP contribution < -0.4 is 5.32 Å². The molecule has 1 aromatic heterocycles. The Morgan fingerprint density at radius 1 is 1.53 bits per heavy atom. The smallest absolute Gasteiger partial charge is 0.108 e. The Kier molecular flexibility index (Phi) is 3.41. The summed E-state index contributed by atoms with van der Waals surface area (Å²) in [7, 11) is 0. The third kappa shape index (κ3) is 2.40. The number of hydrogen-bond donors (Lipinski definition) is 1. The maximum atomic E-state index is 4.44. The molecule has 1 aliphatic heterocycles. The number of piperidine rings is 1. The van der Waals surface area contributed by atoms with Crippen molar-refractivity contribution in [2.75, 3.05) is 6.54 Å². The first-order valence-electron chi connectivity index (χ1n) is 6.06. The highest BCUT2D eigenvalue weighted by Crippen LogP contribution is 2.21. The van der Waals surface area contributed by atoms with Crippen LogP contribution in [-0.2, 0) is 6.42 Å². The Hall–Kier alpha value is -0.830. The Bertz CT molecular complexity index is 298. The van der Waals surface area contributed by atoms with Crippen LogP contribution >= 0.6 is 0 Å². The normalized spacial score (nSPS) is 26.8. The topological polar surface area (TPSA) is 29.9 Å². The van der Waals surface area contributed by atoms with E-state index in [0.717, 1.165) is 13.0 Å². The zero-order chi connectivity index (χ0) is 10.7. The van der Waals surface area contributed by atoms with Crippen LogP contribution in [0.15, 0.2) is 12.4 Å². The molecule has 0 radical (unpaired) electrons. The Labute approximate surface area is 91.9 Å². The molecule has 0 aliphatic carbocycles. The third-order valence-electron chi connectivity index (χ3n) is 3.25. The van der Waals surface area contributed by atoms with Gasteiger partial charge in [0.15, 0.2) is 0 Å². The second kappa shape index (κ2) is 4.79. The summed E-state index contributed by atoms with van der Waals surface area (Å²) in [6.45, 7) is 5.56. The van der Waals surface area contributed by atoms with Gasteiger partial charge in [0, 0.05) is 37.4 Å². The van der Waals surface area contributed by atoms with Gasteiger partial charge in [-0.05, 0) is 26.2 Å². The predicted molar refractivity (Wildman–Crippen MR) is 62.0 cm³/mol. The molecule has 1 saturated heterocycles. The molecule has 2 heterocycles. The average Bonchev–Trinajstić information content (AvgIpc) is 2.68. The largest absolute Gasteiger partial charge is 0.331 e. The van der Waals surface area contributed by atoms with E-state index in [2.05, 4.69) is 34.9 Å². The van der Waals surface area contributed by atoms with Crippen LogP contribution in [0, 0.1) is 0 Å². The van der Waals surface area contributed by atoms with Crippen LogP contribution in [0.2, 0.25) is 0 Å². The van der Waals surface area contributed by atoms with E-state index in [9.17, 15) is 0 Å². The van der Waals surface area contributed by atoms with Crippen molar-refractivity contribution in [3.05, 3.63) is 18.2 Å². The fraction of sp³-hybridized carbons (Fsp3) is 0.750. The number of aryl methyl sites for hydroxylation is 1. The predicted octanol–water partition coefficient (Wildman–Crippen LogP) is 2.15. The number of nitrogens with one attached hydrogen (secondary N) is 1. The molecule has 1 N–H and O–H groups in total. The van der Waals surface area contributed by atoms with Gasteiger partial charge in [-0.1, -0.05) is 6.92 Å². The second-order valence-electron chi connectivity index (χ2n) is 4.54. The molecule has 2 atom stereocenters. The summed E-state index contributed by atoms with van der Waals surface area (Å²) in [6.07, 6.45) is 8.89. The van der Waals surface area contributed by atoms with E-state index < -0.39 is 0 Å². The van der Waals surface area contributed by atoms with Gasteiger partial charge in [0.05, 0.1) is 0 Å². The summed E-state index contributed by atoms with van der Waals surface area (Å²) >= 11 is 0. The van der Waals surface area contributed by atoms with Crippen molar-refractivity contribution in [1.29, 1.82) is 0 Å². The van der Waals surface area contributed by atoms with E-state index in [0.29, 0.717) is 12.1 Å². The highest BCUT2D eigenvalue weighted by molar-refractivity contribution is 4.97. The van der Waals surface area contributed by atoms with Gasteiger partial charge in [0.1, 0.15) is 5.82 Å². The molecule has 1 aliphatic rings. The van der Waals surface area contributed by atoms with Crippen molar-refractivity contribution in [3.63, 3.8) is 0 Å².